The first kappa shape index (κ1) is 47.4. The number of nitrogens with zero attached hydrogens (tertiary/aromatic N) is 1. The summed E-state index contributed by atoms with van der Waals surface area (Å²) in [4.78, 5) is 62.2. The summed E-state index contributed by atoms with van der Waals surface area (Å²) in [6.45, 7) is 10.5. The minimum absolute atomic E-state index is 0.0157. The third-order valence-corrected chi connectivity index (χ3v) is 11.6. The number of aliphatic hydroxyl groups excluding tert-OH is 3. The molecule has 2 unspecified atom stereocenters. The Labute approximate surface area is 353 Å². The molecule has 5 rings (SSSR count). The fourth-order valence-corrected chi connectivity index (χ4v) is 8.72. The maximum Gasteiger partial charge on any atom is 0.327 e. The van der Waals surface area contributed by atoms with Gasteiger partial charge in [0, 0.05) is 25.7 Å². The summed E-state index contributed by atoms with van der Waals surface area (Å²) in [7, 11) is 0. The lowest BCUT2D eigenvalue weighted by atomic mass is 9.62. The zero-order valence-electron chi connectivity index (χ0n) is 36.1. The molecular formula is C44H67N3O13. The average Bonchev–Trinajstić information content (AvgIpc) is 3.75. The molecule has 0 radical (unpaired) electrons. The number of hydrogen-bond donors (Lipinski definition) is 5. The summed E-state index contributed by atoms with van der Waals surface area (Å²) >= 11 is 0. The standard InChI is InChI=1S/C44H67N3O13/c1-7-9-11-20-43(21-12-10-8-2)58-35-32-25-44(41(54)46-34(28(3)50)39(52)45-31(27-49)17-18-33(51)57-42(4,5)6)37(40(53)56-32)47(60-38(44)36(35)59-43)26-30-15-13-29(14-16-30)19-23-55-24-22-48/h13-16,19,23,28,31-32,34-38,48-50H,7-12,17-18,20-22,24-27H2,1-6H3,(H,45,52)(H,46,54)/t28-,31-,32?,34+,35-,36-,37-,38+,44?/m0/s1. The summed E-state index contributed by atoms with van der Waals surface area (Å²) in [6, 6.07) is 3.81. The van der Waals surface area contributed by atoms with Crippen LogP contribution in [0.2, 0.25) is 0 Å². The van der Waals surface area contributed by atoms with E-state index in [0.29, 0.717) is 12.8 Å². The third-order valence-electron chi connectivity index (χ3n) is 11.6. The molecule has 1 aliphatic carbocycles. The van der Waals surface area contributed by atoms with E-state index in [-0.39, 0.29) is 39.0 Å². The van der Waals surface area contributed by atoms with Gasteiger partial charge >= 0.3 is 11.9 Å². The predicted molar refractivity (Wildman–Crippen MR) is 218 cm³/mol. The lowest BCUT2D eigenvalue weighted by Gasteiger charge is -2.49. The highest BCUT2D eigenvalue weighted by Gasteiger charge is 2.76. The van der Waals surface area contributed by atoms with Gasteiger partial charge in [0.1, 0.15) is 48.1 Å². The van der Waals surface area contributed by atoms with E-state index in [9.17, 15) is 24.6 Å². The summed E-state index contributed by atoms with van der Waals surface area (Å²) in [5.74, 6) is -3.64. The van der Waals surface area contributed by atoms with Crippen molar-refractivity contribution in [3.8, 4) is 0 Å². The van der Waals surface area contributed by atoms with Gasteiger partial charge in [-0.2, -0.15) is 5.06 Å². The first-order chi connectivity index (χ1) is 28.6. The summed E-state index contributed by atoms with van der Waals surface area (Å²) in [5, 5.41) is 36.9. The number of rotatable bonds is 23. The van der Waals surface area contributed by atoms with Gasteiger partial charge in [0.2, 0.25) is 11.8 Å². The number of carbonyl (C=O) groups is 4. The van der Waals surface area contributed by atoms with Crippen molar-refractivity contribution in [1.29, 1.82) is 0 Å². The number of aliphatic hydroxyl groups is 3. The van der Waals surface area contributed by atoms with Crippen LogP contribution in [0.5, 0.6) is 0 Å². The van der Waals surface area contributed by atoms with Crippen molar-refractivity contribution in [2.45, 2.75) is 179 Å². The Bertz CT molecular complexity index is 1620. The Hall–Kier alpha value is -3.64. The zero-order chi connectivity index (χ0) is 43.7. The van der Waals surface area contributed by atoms with E-state index in [0.717, 1.165) is 49.7 Å². The summed E-state index contributed by atoms with van der Waals surface area (Å²) in [5.41, 5.74) is -0.732. The molecule has 3 heterocycles. The highest BCUT2D eigenvalue weighted by Crippen LogP contribution is 2.58. The molecule has 16 nitrogen and oxygen atoms in total. The van der Waals surface area contributed by atoms with Crippen LogP contribution in [-0.2, 0) is 54.2 Å². The lowest BCUT2D eigenvalue weighted by molar-refractivity contribution is -0.224. The van der Waals surface area contributed by atoms with Crippen molar-refractivity contribution in [2.24, 2.45) is 5.41 Å². The van der Waals surface area contributed by atoms with Gasteiger partial charge in [-0.05, 0) is 64.2 Å². The Morgan fingerprint density at radius 1 is 1.00 bits per heavy atom. The molecule has 3 saturated heterocycles. The van der Waals surface area contributed by atoms with E-state index < -0.39 is 95.8 Å². The Kier molecular flexibility index (Phi) is 16.6. The largest absolute Gasteiger partial charge is 0.499 e. The number of unbranched alkanes of at least 4 members (excludes halogenated alkanes) is 4. The number of hydrogen-bond acceptors (Lipinski definition) is 14. The van der Waals surface area contributed by atoms with Gasteiger partial charge in [-0.1, -0.05) is 63.8 Å². The van der Waals surface area contributed by atoms with E-state index in [4.69, 9.17) is 33.6 Å². The van der Waals surface area contributed by atoms with Crippen LogP contribution in [0.15, 0.2) is 30.5 Å². The number of nitrogens with one attached hydrogen (secondary N) is 2. The van der Waals surface area contributed by atoms with Crippen molar-refractivity contribution in [2.75, 3.05) is 19.8 Å². The molecule has 2 amide bonds. The first-order valence-corrected chi connectivity index (χ1v) is 21.7. The molecule has 336 valence electrons. The molecule has 4 fully saturated rings. The molecule has 9 atom stereocenters. The second kappa shape index (κ2) is 21.0. The number of ether oxygens (including phenoxy) is 5. The molecule has 1 saturated carbocycles. The molecule has 5 N–H and O–H groups in total. The first-order valence-electron chi connectivity index (χ1n) is 21.7. The van der Waals surface area contributed by atoms with Crippen LogP contribution in [0.4, 0.5) is 0 Å². The highest BCUT2D eigenvalue weighted by molar-refractivity contribution is 5.96. The monoisotopic (exact) mass is 845 g/mol. The smallest absolute Gasteiger partial charge is 0.327 e. The number of hydroxylamine groups is 2. The Morgan fingerprint density at radius 2 is 1.67 bits per heavy atom. The van der Waals surface area contributed by atoms with Crippen molar-refractivity contribution >= 4 is 29.8 Å². The third kappa shape index (κ3) is 11.2. The van der Waals surface area contributed by atoms with Gasteiger partial charge in [-0.3, -0.25) is 24.0 Å². The molecule has 16 heteroatoms. The van der Waals surface area contributed by atoms with E-state index in [1.54, 1.807) is 26.8 Å². The van der Waals surface area contributed by atoms with Crippen LogP contribution in [0.3, 0.4) is 0 Å². The molecule has 4 aliphatic rings. The topological polar surface area (TPSA) is 212 Å². The molecule has 1 aromatic rings. The fraction of sp³-hybridized carbons (Fsp3) is 0.727. The van der Waals surface area contributed by atoms with Crippen LogP contribution >= 0.6 is 0 Å². The number of benzene rings is 1. The molecular weight excluding hydrogens is 778 g/mol. The van der Waals surface area contributed by atoms with Crippen LogP contribution in [0.1, 0.15) is 123 Å². The SMILES string of the molecule is CCCCCC1(CCCCC)O[C@@H]2[C@H]3ON(Cc4ccc(C=COCCO)cc4)[C@H]4C(=O)OC(CC34C(=O)N[C@@H](C(=O)N[C@H](CO)CCC(=O)OC(C)(C)C)[C@H](C)O)[C@@H]2O1. The highest BCUT2D eigenvalue weighted by atomic mass is 16.8. The van der Waals surface area contributed by atoms with Gasteiger partial charge < -0.3 is 49.6 Å². The number of esters is 2. The molecule has 60 heavy (non-hydrogen) atoms. The van der Waals surface area contributed by atoms with Crippen LogP contribution in [0, 0.1) is 5.41 Å². The van der Waals surface area contributed by atoms with E-state index in [2.05, 4.69) is 24.5 Å². The zero-order valence-corrected chi connectivity index (χ0v) is 36.1. The molecule has 2 bridgehead atoms. The van der Waals surface area contributed by atoms with E-state index >= 15 is 4.79 Å². The van der Waals surface area contributed by atoms with Crippen LogP contribution < -0.4 is 10.6 Å². The normalized spacial score (nSPS) is 27.1. The summed E-state index contributed by atoms with van der Waals surface area (Å²) in [6.07, 6.45) is 5.32. The maximum absolute atomic E-state index is 15.1. The van der Waals surface area contributed by atoms with Crippen LogP contribution in [0.25, 0.3) is 6.08 Å². The van der Waals surface area contributed by atoms with Gasteiger partial charge in [0.15, 0.2) is 11.8 Å². The fourth-order valence-electron chi connectivity index (χ4n) is 8.72. The van der Waals surface area contributed by atoms with Gasteiger partial charge in [0.25, 0.3) is 0 Å². The number of amides is 2. The van der Waals surface area contributed by atoms with Crippen molar-refractivity contribution in [3.63, 3.8) is 0 Å². The Morgan fingerprint density at radius 3 is 2.27 bits per heavy atom. The van der Waals surface area contributed by atoms with Gasteiger partial charge in [-0.15, -0.1) is 0 Å². The quantitative estimate of drug-likeness (QED) is 0.0606. The van der Waals surface area contributed by atoms with Gasteiger partial charge in [0.05, 0.1) is 38.2 Å². The average molecular weight is 846 g/mol. The number of carbonyl (C=O) groups excluding carboxylic acids is 4. The van der Waals surface area contributed by atoms with Crippen molar-refractivity contribution < 1.29 is 63.0 Å². The minimum atomic E-state index is -1.62. The summed E-state index contributed by atoms with van der Waals surface area (Å²) < 4.78 is 30.5. The van der Waals surface area contributed by atoms with Crippen molar-refractivity contribution in [1.82, 2.24) is 15.7 Å². The lowest BCUT2D eigenvalue weighted by Crippen LogP contribution is -2.71. The van der Waals surface area contributed by atoms with E-state index in [1.165, 1.54) is 18.2 Å². The maximum atomic E-state index is 15.1. The minimum Gasteiger partial charge on any atom is -0.499 e. The van der Waals surface area contributed by atoms with E-state index in [1.807, 2.05) is 24.3 Å². The molecule has 1 aromatic carbocycles. The van der Waals surface area contributed by atoms with Gasteiger partial charge in [-0.25, -0.2) is 0 Å². The Balaban J connectivity index is 1.44. The molecule has 3 aliphatic heterocycles. The second-order valence-corrected chi connectivity index (χ2v) is 17.6. The van der Waals surface area contributed by atoms with Crippen LogP contribution in [-0.4, -0.2) is 124 Å². The second-order valence-electron chi connectivity index (χ2n) is 17.6. The molecule has 0 spiro atoms. The number of fused-ring (bicyclic) bond motifs is 4. The van der Waals surface area contributed by atoms with Crippen molar-refractivity contribution in [3.05, 3.63) is 41.7 Å². The predicted octanol–water partition coefficient (Wildman–Crippen LogP) is 3.57. The molecule has 0 aromatic heterocycles.